The maximum Gasteiger partial charge on any atom is 0.225 e. The van der Waals surface area contributed by atoms with E-state index in [0.29, 0.717) is 0 Å². The van der Waals surface area contributed by atoms with Crippen LogP contribution >= 0.6 is 24.0 Å². The Balaban J connectivity index is 0.00000192. The smallest absolute Gasteiger partial charge is 0.225 e. The zero-order chi connectivity index (χ0) is 15.6. The van der Waals surface area contributed by atoms with Crippen LogP contribution in [0.15, 0.2) is 36.5 Å². The van der Waals surface area contributed by atoms with E-state index in [-0.39, 0.29) is 17.8 Å². The van der Waals surface area contributed by atoms with Gasteiger partial charge in [0.2, 0.25) is 5.95 Å². The molecular formula is C17H22Cl2N4. The van der Waals surface area contributed by atoms with E-state index in [1.807, 2.05) is 43.4 Å². The molecule has 1 aromatic carbocycles. The van der Waals surface area contributed by atoms with Crippen LogP contribution in [0.2, 0.25) is 5.02 Å². The van der Waals surface area contributed by atoms with Gasteiger partial charge in [-0.05, 0) is 43.6 Å². The molecule has 124 valence electrons. The molecule has 1 saturated heterocycles. The van der Waals surface area contributed by atoms with E-state index in [1.54, 1.807) is 0 Å². The van der Waals surface area contributed by atoms with Crippen LogP contribution in [0, 0.1) is 0 Å². The maximum atomic E-state index is 6.53. The molecule has 6 heteroatoms. The van der Waals surface area contributed by atoms with Gasteiger partial charge >= 0.3 is 0 Å². The quantitative estimate of drug-likeness (QED) is 0.920. The lowest BCUT2D eigenvalue weighted by Gasteiger charge is -2.38. The van der Waals surface area contributed by atoms with E-state index in [9.17, 15) is 0 Å². The van der Waals surface area contributed by atoms with E-state index >= 15 is 0 Å². The van der Waals surface area contributed by atoms with Crippen molar-refractivity contribution in [2.24, 2.45) is 0 Å². The van der Waals surface area contributed by atoms with Crippen LogP contribution in [0.5, 0.6) is 0 Å². The standard InChI is InChI=1S/C17H21ClN4.ClH/c1-22(2)16-20-10-7-15(21-16)17(8-11-19-12-9-17)13-5-3-4-6-14(13)18;/h3-7,10,19H,8-9,11-12H2,1-2H3;1H. The van der Waals surface area contributed by atoms with Crippen molar-refractivity contribution in [1.29, 1.82) is 0 Å². The Morgan fingerprint density at radius 2 is 1.83 bits per heavy atom. The van der Waals surface area contributed by atoms with Gasteiger partial charge in [0.25, 0.3) is 0 Å². The summed E-state index contributed by atoms with van der Waals surface area (Å²) in [6.45, 7) is 1.93. The van der Waals surface area contributed by atoms with Crippen LogP contribution in [-0.2, 0) is 5.41 Å². The third-order valence-corrected chi connectivity index (χ3v) is 4.71. The number of benzene rings is 1. The third kappa shape index (κ3) is 3.44. The maximum absolute atomic E-state index is 6.53. The highest BCUT2D eigenvalue weighted by atomic mass is 35.5. The van der Waals surface area contributed by atoms with Crippen LogP contribution in [0.3, 0.4) is 0 Å². The van der Waals surface area contributed by atoms with Crippen molar-refractivity contribution in [3.05, 3.63) is 52.8 Å². The number of halogens is 2. The number of anilines is 1. The second-order valence-electron chi connectivity index (χ2n) is 5.95. The summed E-state index contributed by atoms with van der Waals surface area (Å²) in [4.78, 5) is 11.1. The summed E-state index contributed by atoms with van der Waals surface area (Å²) in [6, 6.07) is 10.2. The molecule has 2 heterocycles. The molecule has 4 nitrogen and oxygen atoms in total. The summed E-state index contributed by atoms with van der Waals surface area (Å²) < 4.78 is 0. The second kappa shape index (κ2) is 7.47. The summed E-state index contributed by atoms with van der Waals surface area (Å²) in [5.74, 6) is 0.738. The molecular weight excluding hydrogens is 331 g/mol. The Bertz CT molecular complexity index is 655. The van der Waals surface area contributed by atoms with Crippen molar-refractivity contribution in [2.75, 3.05) is 32.1 Å². The Kier molecular flexibility index (Phi) is 5.84. The number of piperidine rings is 1. The van der Waals surface area contributed by atoms with Crippen molar-refractivity contribution >= 4 is 30.0 Å². The van der Waals surface area contributed by atoms with Gasteiger partial charge in [-0.15, -0.1) is 12.4 Å². The molecule has 1 aliphatic heterocycles. The molecule has 0 saturated carbocycles. The fourth-order valence-electron chi connectivity index (χ4n) is 3.20. The number of nitrogens with one attached hydrogen (secondary N) is 1. The molecule has 1 N–H and O–H groups in total. The predicted molar refractivity (Wildman–Crippen MR) is 97.9 cm³/mol. The highest BCUT2D eigenvalue weighted by Crippen LogP contribution is 2.42. The van der Waals surface area contributed by atoms with Gasteiger partial charge in [-0.3, -0.25) is 0 Å². The zero-order valence-electron chi connectivity index (χ0n) is 13.4. The fraction of sp³-hybridized carbons (Fsp3) is 0.412. The first-order chi connectivity index (χ1) is 10.6. The van der Waals surface area contributed by atoms with E-state index in [2.05, 4.69) is 22.4 Å². The van der Waals surface area contributed by atoms with Crippen LogP contribution in [-0.4, -0.2) is 37.2 Å². The zero-order valence-corrected chi connectivity index (χ0v) is 15.0. The van der Waals surface area contributed by atoms with Crippen LogP contribution < -0.4 is 10.2 Å². The molecule has 3 rings (SSSR count). The van der Waals surface area contributed by atoms with Gasteiger partial charge in [0.1, 0.15) is 0 Å². The number of nitrogens with zero attached hydrogens (tertiary/aromatic N) is 3. The Labute approximate surface area is 148 Å². The van der Waals surface area contributed by atoms with Crippen molar-refractivity contribution in [1.82, 2.24) is 15.3 Å². The van der Waals surface area contributed by atoms with E-state index < -0.39 is 0 Å². The first kappa shape index (κ1) is 18.0. The third-order valence-electron chi connectivity index (χ3n) is 4.38. The fourth-order valence-corrected chi connectivity index (χ4v) is 3.51. The molecule has 2 aromatic rings. The summed E-state index contributed by atoms with van der Waals surface area (Å²) >= 11 is 6.53. The van der Waals surface area contributed by atoms with Crippen LogP contribution in [0.25, 0.3) is 0 Å². The summed E-state index contributed by atoms with van der Waals surface area (Å²) in [6.07, 6.45) is 3.82. The lowest BCUT2D eigenvalue weighted by atomic mass is 9.70. The minimum atomic E-state index is -0.142. The number of rotatable bonds is 3. The molecule has 1 fully saturated rings. The first-order valence-corrected chi connectivity index (χ1v) is 7.98. The minimum Gasteiger partial charge on any atom is -0.347 e. The van der Waals surface area contributed by atoms with Crippen LogP contribution in [0.4, 0.5) is 5.95 Å². The van der Waals surface area contributed by atoms with Crippen molar-refractivity contribution < 1.29 is 0 Å². The SMILES string of the molecule is CN(C)c1nccc(C2(c3ccccc3Cl)CCNCC2)n1.Cl. The molecule has 0 radical (unpaired) electrons. The predicted octanol–water partition coefficient (Wildman–Crippen LogP) is 3.29. The van der Waals surface area contributed by atoms with Crippen molar-refractivity contribution in [3.63, 3.8) is 0 Å². The molecule has 1 aromatic heterocycles. The number of hydrogen-bond acceptors (Lipinski definition) is 4. The molecule has 0 amide bonds. The second-order valence-corrected chi connectivity index (χ2v) is 6.36. The lowest BCUT2D eigenvalue weighted by molar-refractivity contribution is 0.354. The summed E-state index contributed by atoms with van der Waals surface area (Å²) in [5.41, 5.74) is 2.08. The summed E-state index contributed by atoms with van der Waals surface area (Å²) in [5, 5.41) is 4.25. The average molecular weight is 353 g/mol. The Morgan fingerprint density at radius 1 is 1.13 bits per heavy atom. The Hall–Kier alpha value is -1.36. The number of hydrogen-bond donors (Lipinski definition) is 1. The van der Waals surface area contributed by atoms with Gasteiger partial charge in [-0.25, -0.2) is 9.97 Å². The Morgan fingerprint density at radius 3 is 2.48 bits per heavy atom. The van der Waals surface area contributed by atoms with Crippen molar-refractivity contribution in [2.45, 2.75) is 18.3 Å². The molecule has 0 atom stereocenters. The molecule has 0 aliphatic carbocycles. The van der Waals surface area contributed by atoms with Gasteiger partial charge < -0.3 is 10.2 Å². The van der Waals surface area contributed by atoms with E-state index in [0.717, 1.165) is 42.6 Å². The highest BCUT2D eigenvalue weighted by molar-refractivity contribution is 6.31. The van der Waals surface area contributed by atoms with Gasteiger partial charge in [-0.2, -0.15) is 0 Å². The van der Waals surface area contributed by atoms with Gasteiger partial charge in [0, 0.05) is 30.7 Å². The number of aromatic nitrogens is 2. The van der Waals surface area contributed by atoms with E-state index in [4.69, 9.17) is 16.6 Å². The minimum absolute atomic E-state index is 0. The highest BCUT2D eigenvalue weighted by Gasteiger charge is 2.38. The first-order valence-electron chi connectivity index (χ1n) is 7.60. The molecule has 1 aliphatic rings. The topological polar surface area (TPSA) is 41.1 Å². The normalized spacial score (nSPS) is 16.5. The average Bonchev–Trinajstić information content (AvgIpc) is 2.56. The largest absolute Gasteiger partial charge is 0.347 e. The van der Waals surface area contributed by atoms with Gasteiger partial charge in [-0.1, -0.05) is 29.8 Å². The molecule has 0 spiro atoms. The molecule has 0 bridgehead atoms. The van der Waals surface area contributed by atoms with E-state index in [1.165, 1.54) is 5.56 Å². The van der Waals surface area contributed by atoms with Crippen LogP contribution in [0.1, 0.15) is 24.1 Å². The van der Waals surface area contributed by atoms with Gasteiger partial charge in [0.05, 0.1) is 5.69 Å². The van der Waals surface area contributed by atoms with Crippen molar-refractivity contribution in [3.8, 4) is 0 Å². The molecule has 0 unspecified atom stereocenters. The lowest BCUT2D eigenvalue weighted by Crippen LogP contribution is -2.41. The monoisotopic (exact) mass is 352 g/mol. The summed E-state index contributed by atoms with van der Waals surface area (Å²) in [7, 11) is 3.92. The molecule has 23 heavy (non-hydrogen) atoms. The van der Waals surface area contributed by atoms with Gasteiger partial charge in [0.15, 0.2) is 0 Å².